The predicted molar refractivity (Wildman–Crippen MR) is 58.7 cm³/mol. The van der Waals surface area contributed by atoms with E-state index in [1.165, 1.54) is 0 Å². The molecule has 0 aliphatic carbocycles. The number of aryl methyl sites for hydroxylation is 3. The van der Waals surface area contributed by atoms with Crippen molar-refractivity contribution in [3.8, 4) is 0 Å². The lowest BCUT2D eigenvalue weighted by atomic mass is 10.1. The lowest BCUT2D eigenvalue weighted by Crippen LogP contribution is -2.10. The van der Waals surface area contributed by atoms with Crippen molar-refractivity contribution in [3.05, 3.63) is 45.7 Å². The summed E-state index contributed by atoms with van der Waals surface area (Å²) in [5.74, 6) is 0. The van der Waals surface area contributed by atoms with E-state index in [1.807, 2.05) is 49.9 Å². The fourth-order valence-corrected chi connectivity index (χ4v) is 1.94. The van der Waals surface area contributed by atoms with Crippen LogP contribution < -0.4 is 5.43 Å². The van der Waals surface area contributed by atoms with Crippen molar-refractivity contribution in [1.29, 1.82) is 0 Å². The number of hydrogen-bond donors (Lipinski definition) is 0. The Hall–Kier alpha value is -1.57. The van der Waals surface area contributed by atoms with Gasteiger partial charge in [-0.25, -0.2) is 0 Å². The summed E-state index contributed by atoms with van der Waals surface area (Å²) >= 11 is 0. The molecule has 0 unspecified atom stereocenters. The molecule has 0 amide bonds. The molecule has 0 N–H and O–H groups in total. The van der Waals surface area contributed by atoms with Gasteiger partial charge in [0.2, 0.25) is 0 Å². The summed E-state index contributed by atoms with van der Waals surface area (Å²) in [5, 5.41) is 0.813. The summed E-state index contributed by atoms with van der Waals surface area (Å²) in [6.45, 7) is 3.88. The molecular formula is C12H13NO. The lowest BCUT2D eigenvalue weighted by molar-refractivity contribution is 0.934. The van der Waals surface area contributed by atoms with Crippen LogP contribution in [0.15, 0.2) is 29.2 Å². The number of fused-ring (bicyclic) bond motifs is 1. The molecule has 0 bridgehead atoms. The Kier molecular flexibility index (Phi) is 1.92. The van der Waals surface area contributed by atoms with E-state index in [9.17, 15) is 4.79 Å². The van der Waals surface area contributed by atoms with Crippen LogP contribution in [0, 0.1) is 13.8 Å². The van der Waals surface area contributed by atoms with E-state index < -0.39 is 0 Å². The molecule has 2 nitrogen and oxygen atoms in total. The van der Waals surface area contributed by atoms with Gasteiger partial charge in [0.15, 0.2) is 5.43 Å². The maximum Gasteiger partial charge on any atom is 0.192 e. The molecule has 1 aromatic heterocycles. The summed E-state index contributed by atoms with van der Waals surface area (Å²) < 4.78 is 2.02. The number of benzene rings is 1. The summed E-state index contributed by atoms with van der Waals surface area (Å²) in [6.07, 6.45) is 1.89. The lowest BCUT2D eigenvalue weighted by Gasteiger charge is -2.08. The van der Waals surface area contributed by atoms with Gasteiger partial charge >= 0.3 is 0 Å². The zero-order valence-electron chi connectivity index (χ0n) is 8.66. The van der Waals surface area contributed by atoms with Crippen LogP contribution in [0.5, 0.6) is 0 Å². The monoisotopic (exact) mass is 187 g/mol. The zero-order chi connectivity index (χ0) is 10.3. The van der Waals surface area contributed by atoms with Gasteiger partial charge in [-0.3, -0.25) is 4.79 Å². The highest BCUT2D eigenvalue weighted by molar-refractivity contribution is 5.82. The third kappa shape index (κ3) is 1.15. The van der Waals surface area contributed by atoms with Gasteiger partial charge in [0.1, 0.15) is 0 Å². The van der Waals surface area contributed by atoms with Crippen LogP contribution in [0.2, 0.25) is 0 Å². The second-order valence-corrected chi connectivity index (χ2v) is 3.72. The smallest absolute Gasteiger partial charge is 0.192 e. The van der Waals surface area contributed by atoms with Crippen molar-refractivity contribution in [2.24, 2.45) is 7.05 Å². The minimum absolute atomic E-state index is 0.141. The standard InChI is InChI=1S/C12H13NO/c1-8-5-4-6-10-11(8)13(3)7-9(2)12(10)14/h4-7H,1-3H3. The molecule has 14 heavy (non-hydrogen) atoms. The van der Waals surface area contributed by atoms with Gasteiger partial charge in [0, 0.05) is 24.2 Å². The molecule has 0 atom stereocenters. The van der Waals surface area contributed by atoms with Crippen LogP contribution in [0.4, 0.5) is 0 Å². The number of pyridine rings is 1. The van der Waals surface area contributed by atoms with Crippen LogP contribution in [0.1, 0.15) is 11.1 Å². The van der Waals surface area contributed by atoms with Gasteiger partial charge in [0.25, 0.3) is 0 Å². The van der Waals surface area contributed by atoms with Crippen molar-refractivity contribution in [2.45, 2.75) is 13.8 Å². The van der Waals surface area contributed by atoms with E-state index in [0.717, 1.165) is 22.0 Å². The van der Waals surface area contributed by atoms with Gasteiger partial charge < -0.3 is 4.57 Å². The first kappa shape index (κ1) is 9.00. The minimum atomic E-state index is 0.141. The molecule has 2 heteroatoms. The molecule has 2 rings (SSSR count). The molecule has 1 heterocycles. The second kappa shape index (κ2) is 2.98. The van der Waals surface area contributed by atoms with Gasteiger partial charge in [-0.05, 0) is 25.5 Å². The molecule has 72 valence electrons. The summed E-state index contributed by atoms with van der Waals surface area (Å²) in [7, 11) is 1.97. The van der Waals surface area contributed by atoms with E-state index in [4.69, 9.17) is 0 Å². The topological polar surface area (TPSA) is 22.0 Å². The zero-order valence-corrected chi connectivity index (χ0v) is 8.66. The van der Waals surface area contributed by atoms with E-state index in [2.05, 4.69) is 0 Å². The van der Waals surface area contributed by atoms with E-state index in [0.29, 0.717) is 0 Å². The summed E-state index contributed by atoms with van der Waals surface area (Å²) in [6, 6.07) is 5.84. The number of hydrogen-bond acceptors (Lipinski definition) is 1. The Morgan fingerprint density at radius 3 is 2.57 bits per heavy atom. The maximum absolute atomic E-state index is 11.8. The third-order valence-electron chi connectivity index (χ3n) is 2.58. The van der Waals surface area contributed by atoms with Crippen LogP contribution in [0.25, 0.3) is 10.9 Å². The first-order valence-electron chi connectivity index (χ1n) is 4.67. The summed E-state index contributed by atoms with van der Waals surface area (Å²) in [4.78, 5) is 11.8. The molecule has 0 saturated carbocycles. The second-order valence-electron chi connectivity index (χ2n) is 3.72. The molecule has 1 aromatic carbocycles. The van der Waals surface area contributed by atoms with E-state index in [1.54, 1.807) is 0 Å². The fourth-order valence-electron chi connectivity index (χ4n) is 1.94. The van der Waals surface area contributed by atoms with Gasteiger partial charge in [-0.1, -0.05) is 12.1 Å². The molecule has 0 aliphatic rings. The van der Waals surface area contributed by atoms with E-state index in [-0.39, 0.29) is 5.43 Å². The molecule has 2 aromatic rings. The highest BCUT2D eigenvalue weighted by Gasteiger charge is 2.05. The van der Waals surface area contributed by atoms with Gasteiger partial charge in [0.05, 0.1) is 5.52 Å². The Morgan fingerprint density at radius 2 is 1.86 bits per heavy atom. The van der Waals surface area contributed by atoms with Crippen LogP contribution in [-0.4, -0.2) is 4.57 Å². The Balaban J connectivity index is 3.10. The predicted octanol–water partition coefficient (Wildman–Crippen LogP) is 2.16. The average Bonchev–Trinajstić information content (AvgIpc) is 2.14. The normalized spacial score (nSPS) is 10.8. The molecule has 0 aliphatic heterocycles. The number of para-hydroxylation sites is 1. The highest BCUT2D eigenvalue weighted by Crippen LogP contribution is 2.14. The van der Waals surface area contributed by atoms with Crippen LogP contribution in [-0.2, 0) is 7.05 Å². The molecular weight excluding hydrogens is 174 g/mol. The van der Waals surface area contributed by atoms with E-state index >= 15 is 0 Å². The van der Waals surface area contributed by atoms with Crippen molar-refractivity contribution >= 4 is 10.9 Å². The third-order valence-corrected chi connectivity index (χ3v) is 2.58. The molecule has 0 fully saturated rings. The van der Waals surface area contributed by atoms with Crippen LogP contribution in [0.3, 0.4) is 0 Å². The first-order chi connectivity index (χ1) is 6.61. The average molecular weight is 187 g/mol. The first-order valence-corrected chi connectivity index (χ1v) is 4.67. The number of rotatable bonds is 0. The van der Waals surface area contributed by atoms with Crippen molar-refractivity contribution in [2.75, 3.05) is 0 Å². The number of nitrogens with zero attached hydrogens (tertiary/aromatic N) is 1. The largest absolute Gasteiger partial charge is 0.350 e. The van der Waals surface area contributed by atoms with Crippen molar-refractivity contribution in [3.63, 3.8) is 0 Å². The highest BCUT2D eigenvalue weighted by atomic mass is 16.1. The molecule has 0 saturated heterocycles. The minimum Gasteiger partial charge on any atom is -0.350 e. The number of aromatic nitrogens is 1. The molecule has 0 radical (unpaired) electrons. The van der Waals surface area contributed by atoms with Gasteiger partial charge in [-0.15, -0.1) is 0 Å². The fraction of sp³-hybridized carbons (Fsp3) is 0.250. The molecule has 0 spiro atoms. The Morgan fingerprint density at radius 1 is 1.14 bits per heavy atom. The van der Waals surface area contributed by atoms with Crippen molar-refractivity contribution in [1.82, 2.24) is 4.57 Å². The van der Waals surface area contributed by atoms with Crippen LogP contribution >= 0.6 is 0 Å². The Bertz CT molecular complexity index is 552. The summed E-state index contributed by atoms with van der Waals surface area (Å²) in [5.41, 5.74) is 3.11. The Labute approximate surface area is 82.8 Å². The SMILES string of the molecule is Cc1cn(C)c2c(C)cccc2c1=O. The van der Waals surface area contributed by atoms with Crippen molar-refractivity contribution < 1.29 is 0 Å². The maximum atomic E-state index is 11.8. The quantitative estimate of drug-likeness (QED) is 0.619. The van der Waals surface area contributed by atoms with Gasteiger partial charge in [-0.2, -0.15) is 0 Å².